The molecule has 4 aromatic rings. The van der Waals surface area contributed by atoms with Crippen molar-refractivity contribution < 1.29 is 4.74 Å². The molecule has 0 aliphatic heterocycles. The number of rotatable bonds is 5. The molecular formula is C25H22GeO. The van der Waals surface area contributed by atoms with Gasteiger partial charge >= 0.3 is 164 Å². The van der Waals surface area contributed by atoms with Gasteiger partial charge in [-0.25, -0.2) is 0 Å². The van der Waals surface area contributed by atoms with Crippen LogP contribution in [0.3, 0.4) is 0 Å². The van der Waals surface area contributed by atoms with Gasteiger partial charge in [0.2, 0.25) is 0 Å². The summed E-state index contributed by atoms with van der Waals surface area (Å²) in [7, 11) is 1.72. The maximum absolute atomic E-state index is 5.42. The average Bonchev–Trinajstić information content (AvgIpc) is 2.77. The van der Waals surface area contributed by atoms with Crippen molar-refractivity contribution in [2.24, 2.45) is 0 Å². The first-order chi connectivity index (χ1) is 13.4. The van der Waals surface area contributed by atoms with E-state index < -0.39 is 13.3 Å². The van der Waals surface area contributed by atoms with Crippen molar-refractivity contribution in [3.05, 3.63) is 115 Å². The van der Waals surface area contributed by atoms with Crippen molar-refractivity contribution >= 4 is 30.8 Å². The van der Waals surface area contributed by atoms with E-state index in [2.05, 4.69) is 115 Å². The molecule has 0 spiro atoms. The van der Waals surface area contributed by atoms with Crippen LogP contribution in [-0.4, -0.2) is 20.4 Å². The summed E-state index contributed by atoms with van der Waals surface area (Å²) < 4.78 is 11.1. The quantitative estimate of drug-likeness (QED) is 0.459. The van der Waals surface area contributed by atoms with Crippen LogP contribution in [0.4, 0.5) is 0 Å². The molecule has 0 unspecified atom stereocenters. The number of benzene rings is 4. The van der Waals surface area contributed by atoms with E-state index in [-0.39, 0.29) is 0 Å². The van der Waals surface area contributed by atoms with Gasteiger partial charge in [0.25, 0.3) is 0 Å². The molecule has 0 aromatic heterocycles. The molecular weight excluding hydrogens is 389 g/mol. The molecule has 0 radical (unpaired) electrons. The fourth-order valence-electron chi connectivity index (χ4n) is 3.91. The number of hydrogen-bond donors (Lipinski definition) is 0. The van der Waals surface area contributed by atoms with Crippen molar-refractivity contribution in [1.82, 2.24) is 0 Å². The normalized spacial score (nSPS) is 11.1. The molecule has 132 valence electrons. The van der Waals surface area contributed by atoms with Crippen LogP contribution in [0.5, 0.6) is 5.75 Å². The molecule has 0 heterocycles. The minimum absolute atomic E-state index is 0.893. The summed E-state index contributed by atoms with van der Waals surface area (Å²) in [4.78, 5) is 0. The van der Waals surface area contributed by atoms with Gasteiger partial charge in [0.05, 0.1) is 0 Å². The Morgan fingerprint density at radius 2 is 0.778 bits per heavy atom. The van der Waals surface area contributed by atoms with E-state index in [0.717, 1.165) is 5.75 Å². The van der Waals surface area contributed by atoms with E-state index in [1.807, 2.05) is 0 Å². The summed E-state index contributed by atoms with van der Waals surface area (Å²) in [5.74, 6) is 0.893. The predicted octanol–water partition coefficient (Wildman–Crippen LogP) is 3.07. The van der Waals surface area contributed by atoms with Gasteiger partial charge in [-0.15, -0.1) is 0 Å². The van der Waals surface area contributed by atoms with E-state index in [1.165, 1.54) is 17.6 Å². The monoisotopic (exact) mass is 412 g/mol. The van der Waals surface area contributed by atoms with E-state index in [4.69, 9.17) is 4.74 Å². The summed E-state index contributed by atoms with van der Waals surface area (Å²) in [5, 5.41) is 0. The SMILES string of the molecule is COc1cc[c]([Ge]([c]2ccccc2)([c]2ccccc2)[c]2ccccc2)cc1. The van der Waals surface area contributed by atoms with Crippen LogP contribution in [0.2, 0.25) is 0 Å². The minimum atomic E-state index is -3.09. The number of ether oxygens (including phenoxy) is 1. The Kier molecular flexibility index (Phi) is 5.13. The molecule has 0 bridgehead atoms. The second-order valence-electron chi connectivity index (χ2n) is 6.58. The second kappa shape index (κ2) is 7.85. The van der Waals surface area contributed by atoms with Crippen LogP contribution in [0.15, 0.2) is 115 Å². The Morgan fingerprint density at radius 3 is 1.11 bits per heavy atom. The molecule has 1 nitrogen and oxygen atoms in total. The molecule has 0 amide bonds. The van der Waals surface area contributed by atoms with E-state index >= 15 is 0 Å². The third-order valence-electron chi connectivity index (χ3n) is 5.14. The predicted molar refractivity (Wildman–Crippen MR) is 117 cm³/mol. The van der Waals surface area contributed by atoms with Crippen LogP contribution < -0.4 is 22.3 Å². The molecule has 0 saturated carbocycles. The zero-order valence-electron chi connectivity index (χ0n) is 15.4. The molecule has 4 rings (SSSR count). The molecule has 2 heteroatoms. The van der Waals surface area contributed by atoms with Gasteiger partial charge in [-0.3, -0.25) is 0 Å². The van der Waals surface area contributed by atoms with Crippen molar-refractivity contribution in [3.8, 4) is 5.75 Å². The van der Waals surface area contributed by atoms with Crippen molar-refractivity contribution in [1.29, 1.82) is 0 Å². The molecule has 4 aromatic carbocycles. The van der Waals surface area contributed by atoms with E-state index in [0.29, 0.717) is 0 Å². The molecule has 0 N–H and O–H groups in total. The molecule has 0 fully saturated rings. The molecule has 0 aliphatic rings. The number of methoxy groups -OCH3 is 1. The fraction of sp³-hybridized carbons (Fsp3) is 0.0400. The topological polar surface area (TPSA) is 9.23 Å². The molecule has 0 aliphatic carbocycles. The first kappa shape index (κ1) is 17.6. The molecule has 0 atom stereocenters. The van der Waals surface area contributed by atoms with Crippen LogP contribution in [0.1, 0.15) is 0 Å². The van der Waals surface area contributed by atoms with Crippen LogP contribution in [0.25, 0.3) is 0 Å². The van der Waals surface area contributed by atoms with Crippen LogP contribution >= 0.6 is 0 Å². The Morgan fingerprint density at radius 1 is 0.444 bits per heavy atom. The maximum atomic E-state index is 5.42. The Labute approximate surface area is 163 Å². The summed E-state index contributed by atoms with van der Waals surface area (Å²) in [5.41, 5.74) is 0. The molecule has 27 heavy (non-hydrogen) atoms. The second-order valence-corrected chi connectivity index (χ2v) is 14.6. The van der Waals surface area contributed by atoms with Crippen molar-refractivity contribution in [3.63, 3.8) is 0 Å². The third-order valence-corrected chi connectivity index (χ3v) is 15.2. The summed E-state index contributed by atoms with van der Waals surface area (Å²) in [6.45, 7) is 0. The fourth-order valence-corrected chi connectivity index (χ4v) is 13.9. The van der Waals surface area contributed by atoms with Gasteiger partial charge in [-0.2, -0.15) is 0 Å². The van der Waals surface area contributed by atoms with Crippen molar-refractivity contribution in [2.75, 3.05) is 7.11 Å². The van der Waals surface area contributed by atoms with Crippen molar-refractivity contribution in [2.45, 2.75) is 0 Å². The van der Waals surface area contributed by atoms with Gasteiger partial charge in [0.15, 0.2) is 0 Å². The first-order valence-electron chi connectivity index (χ1n) is 9.17. The summed E-state index contributed by atoms with van der Waals surface area (Å²) >= 11 is -3.09. The van der Waals surface area contributed by atoms with E-state index in [1.54, 1.807) is 7.11 Å². The Hall–Kier alpha value is -2.78. The Balaban J connectivity index is 2.09. The first-order valence-corrected chi connectivity index (χ1v) is 13.4. The summed E-state index contributed by atoms with van der Waals surface area (Å²) in [6, 6.07) is 41.7. The van der Waals surface area contributed by atoms with Gasteiger partial charge in [0.1, 0.15) is 0 Å². The zero-order chi connectivity index (χ0) is 18.5. The average molecular weight is 411 g/mol. The van der Waals surface area contributed by atoms with Gasteiger partial charge in [-0.1, -0.05) is 0 Å². The van der Waals surface area contributed by atoms with Crippen LogP contribution in [0, 0.1) is 0 Å². The van der Waals surface area contributed by atoms with E-state index in [9.17, 15) is 0 Å². The Bertz CT molecular complexity index is 884. The standard InChI is InChI=1S/C25H22GeO/c1-27-25-19-17-24(18-20-25)26(21-11-5-2-6-12-21,22-13-7-3-8-14-22)23-15-9-4-10-16-23/h2-20H,1H3. The number of hydrogen-bond acceptors (Lipinski definition) is 1. The third kappa shape index (κ3) is 3.19. The summed E-state index contributed by atoms with van der Waals surface area (Å²) in [6.07, 6.45) is 0. The van der Waals surface area contributed by atoms with Crippen LogP contribution in [-0.2, 0) is 0 Å². The van der Waals surface area contributed by atoms with Gasteiger partial charge < -0.3 is 0 Å². The zero-order valence-corrected chi connectivity index (χ0v) is 17.5. The van der Waals surface area contributed by atoms with Gasteiger partial charge in [0, 0.05) is 0 Å². The van der Waals surface area contributed by atoms with Gasteiger partial charge in [-0.05, 0) is 0 Å². The molecule has 0 saturated heterocycles.